The molecule has 22 heavy (non-hydrogen) atoms. The zero-order chi connectivity index (χ0) is 15.1. The maximum Gasteiger partial charge on any atom is 0.164 e. The van der Waals surface area contributed by atoms with Gasteiger partial charge in [-0.05, 0) is 37.1 Å². The summed E-state index contributed by atoms with van der Waals surface area (Å²) in [6.45, 7) is 0. The van der Waals surface area contributed by atoms with E-state index < -0.39 is 0 Å². The van der Waals surface area contributed by atoms with E-state index in [0.717, 1.165) is 31.7 Å². The molecule has 110 valence electrons. The molecule has 3 aromatic rings. The molecule has 5 heteroatoms. The molecule has 0 bridgehead atoms. The number of hydrogen-bond donors (Lipinski definition) is 0. The molecule has 2 aromatic carbocycles. The fraction of sp³-hybridized carbons (Fsp3) is 0.176. The Labute approximate surface area is 145 Å². The molecule has 0 spiro atoms. The summed E-state index contributed by atoms with van der Waals surface area (Å²) in [4.78, 5) is 0. The maximum absolute atomic E-state index is 4.46. The van der Waals surface area contributed by atoms with Crippen molar-refractivity contribution >= 4 is 31.9 Å². The molecule has 1 aromatic heterocycles. The van der Waals surface area contributed by atoms with Crippen LogP contribution in [0.3, 0.4) is 0 Å². The molecular formula is C17H13Br2N3. The Bertz CT molecular complexity index is 740. The molecule has 0 radical (unpaired) electrons. The van der Waals surface area contributed by atoms with Crippen LogP contribution in [-0.2, 0) is 0 Å². The zero-order valence-corrected chi connectivity index (χ0v) is 14.9. The van der Waals surface area contributed by atoms with Crippen molar-refractivity contribution in [2.45, 2.75) is 18.9 Å². The van der Waals surface area contributed by atoms with Crippen LogP contribution in [0.2, 0.25) is 0 Å². The molecule has 1 saturated carbocycles. The maximum atomic E-state index is 4.46. The fourth-order valence-corrected chi connectivity index (χ4v) is 3.09. The average molecular weight is 419 g/mol. The van der Waals surface area contributed by atoms with E-state index in [4.69, 9.17) is 0 Å². The van der Waals surface area contributed by atoms with Gasteiger partial charge in [0.2, 0.25) is 0 Å². The van der Waals surface area contributed by atoms with E-state index in [1.54, 1.807) is 0 Å². The first-order valence-corrected chi connectivity index (χ1v) is 8.78. The number of nitrogens with zero attached hydrogens (tertiary/aromatic N) is 3. The zero-order valence-electron chi connectivity index (χ0n) is 11.7. The molecule has 0 amide bonds. The first-order chi connectivity index (χ1) is 10.7. The Hall–Kier alpha value is -1.46. The number of halogens is 2. The molecule has 1 aliphatic rings. The lowest BCUT2D eigenvalue weighted by atomic mass is 10.2. The highest BCUT2D eigenvalue weighted by molar-refractivity contribution is 9.10. The largest absolute Gasteiger partial charge is 0.304 e. The van der Waals surface area contributed by atoms with Crippen molar-refractivity contribution in [1.82, 2.24) is 14.8 Å². The standard InChI is InChI=1S/C17H13Br2N3/c18-13-5-1-11(2-6-13)16-20-21-17(22(16)15-9-10-15)12-3-7-14(19)8-4-12/h1-8,15H,9-10H2. The highest BCUT2D eigenvalue weighted by Gasteiger charge is 2.30. The SMILES string of the molecule is Brc1ccc(-c2nnc(-c3ccc(Br)cc3)n2C2CC2)cc1. The van der Waals surface area contributed by atoms with Crippen LogP contribution < -0.4 is 0 Å². The van der Waals surface area contributed by atoms with Crippen LogP contribution in [0.25, 0.3) is 22.8 Å². The normalized spacial score (nSPS) is 14.3. The third-order valence-corrected chi connectivity index (χ3v) is 4.87. The third kappa shape index (κ3) is 2.63. The molecular weight excluding hydrogens is 406 g/mol. The quantitative estimate of drug-likeness (QED) is 0.564. The fourth-order valence-electron chi connectivity index (χ4n) is 2.56. The van der Waals surface area contributed by atoms with Gasteiger partial charge in [0.25, 0.3) is 0 Å². The predicted molar refractivity (Wildman–Crippen MR) is 94.6 cm³/mol. The Morgan fingerprint density at radius 1 is 0.727 bits per heavy atom. The molecule has 1 fully saturated rings. The summed E-state index contributed by atoms with van der Waals surface area (Å²) < 4.78 is 4.43. The molecule has 3 nitrogen and oxygen atoms in total. The van der Waals surface area contributed by atoms with Crippen molar-refractivity contribution in [1.29, 1.82) is 0 Å². The van der Waals surface area contributed by atoms with Crippen molar-refractivity contribution in [2.75, 3.05) is 0 Å². The average Bonchev–Trinajstić information content (AvgIpc) is 3.28. The van der Waals surface area contributed by atoms with Crippen molar-refractivity contribution < 1.29 is 0 Å². The van der Waals surface area contributed by atoms with Crippen LogP contribution in [-0.4, -0.2) is 14.8 Å². The lowest BCUT2D eigenvalue weighted by Crippen LogP contribution is -2.00. The summed E-state index contributed by atoms with van der Waals surface area (Å²) >= 11 is 6.96. The van der Waals surface area contributed by atoms with Gasteiger partial charge in [-0.1, -0.05) is 56.1 Å². The Kier molecular flexibility index (Phi) is 3.62. The second-order valence-electron chi connectivity index (χ2n) is 5.46. The van der Waals surface area contributed by atoms with Gasteiger partial charge in [-0.3, -0.25) is 0 Å². The number of hydrogen-bond acceptors (Lipinski definition) is 2. The summed E-state index contributed by atoms with van der Waals surface area (Å²) in [7, 11) is 0. The highest BCUT2D eigenvalue weighted by atomic mass is 79.9. The lowest BCUT2D eigenvalue weighted by molar-refractivity contribution is 0.754. The van der Waals surface area contributed by atoms with E-state index in [2.05, 4.69) is 70.9 Å². The molecule has 0 atom stereocenters. The second-order valence-corrected chi connectivity index (χ2v) is 7.29. The van der Waals surface area contributed by atoms with Crippen molar-refractivity contribution in [2.24, 2.45) is 0 Å². The second kappa shape index (κ2) is 5.63. The molecule has 4 rings (SSSR count). The van der Waals surface area contributed by atoms with Gasteiger partial charge >= 0.3 is 0 Å². The minimum absolute atomic E-state index is 0.521. The first-order valence-electron chi connectivity index (χ1n) is 7.19. The van der Waals surface area contributed by atoms with E-state index in [9.17, 15) is 0 Å². The van der Waals surface area contributed by atoms with Crippen molar-refractivity contribution in [3.05, 3.63) is 57.5 Å². The molecule has 1 heterocycles. The van der Waals surface area contributed by atoms with Gasteiger partial charge in [0, 0.05) is 26.1 Å². The van der Waals surface area contributed by atoms with Gasteiger partial charge < -0.3 is 4.57 Å². The van der Waals surface area contributed by atoms with Crippen LogP contribution in [0.5, 0.6) is 0 Å². The van der Waals surface area contributed by atoms with E-state index in [-0.39, 0.29) is 0 Å². The predicted octanol–water partition coefficient (Wildman–Crippen LogP) is 5.47. The van der Waals surface area contributed by atoms with Crippen LogP contribution in [0.15, 0.2) is 57.5 Å². The molecule has 0 saturated heterocycles. The summed E-state index contributed by atoms with van der Waals surface area (Å²) in [5.74, 6) is 1.90. The Morgan fingerprint density at radius 3 is 1.50 bits per heavy atom. The number of aromatic nitrogens is 3. The van der Waals surface area contributed by atoms with Crippen LogP contribution in [0.4, 0.5) is 0 Å². The third-order valence-electron chi connectivity index (χ3n) is 3.81. The van der Waals surface area contributed by atoms with E-state index in [1.165, 1.54) is 12.8 Å². The van der Waals surface area contributed by atoms with Gasteiger partial charge in [-0.25, -0.2) is 0 Å². The Morgan fingerprint density at radius 2 is 1.14 bits per heavy atom. The molecule has 0 aliphatic heterocycles. The van der Waals surface area contributed by atoms with Gasteiger partial charge in [0.15, 0.2) is 11.6 Å². The van der Waals surface area contributed by atoms with Gasteiger partial charge in [0.05, 0.1) is 0 Å². The minimum Gasteiger partial charge on any atom is -0.304 e. The number of rotatable bonds is 3. The summed E-state index contributed by atoms with van der Waals surface area (Å²) in [6.07, 6.45) is 2.40. The summed E-state index contributed by atoms with van der Waals surface area (Å²) in [5, 5.41) is 8.92. The van der Waals surface area contributed by atoms with Gasteiger partial charge in [0.1, 0.15) is 0 Å². The van der Waals surface area contributed by atoms with Gasteiger partial charge in [-0.2, -0.15) is 0 Å². The van der Waals surface area contributed by atoms with E-state index >= 15 is 0 Å². The van der Waals surface area contributed by atoms with E-state index in [0.29, 0.717) is 6.04 Å². The van der Waals surface area contributed by atoms with Gasteiger partial charge in [-0.15, -0.1) is 10.2 Å². The molecule has 0 N–H and O–H groups in total. The topological polar surface area (TPSA) is 30.7 Å². The molecule has 1 aliphatic carbocycles. The Balaban J connectivity index is 1.84. The van der Waals surface area contributed by atoms with Crippen molar-refractivity contribution in [3.63, 3.8) is 0 Å². The summed E-state index contributed by atoms with van der Waals surface area (Å²) in [6, 6.07) is 17.0. The van der Waals surface area contributed by atoms with Crippen LogP contribution >= 0.6 is 31.9 Å². The monoisotopic (exact) mass is 417 g/mol. The highest BCUT2D eigenvalue weighted by Crippen LogP contribution is 2.41. The number of benzene rings is 2. The van der Waals surface area contributed by atoms with Crippen molar-refractivity contribution in [3.8, 4) is 22.8 Å². The van der Waals surface area contributed by atoms with Crippen LogP contribution in [0, 0.1) is 0 Å². The molecule has 0 unspecified atom stereocenters. The lowest BCUT2D eigenvalue weighted by Gasteiger charge is -2.09. The smallest absolute Gasteiger partial charge is 0.164 e. The van der Waals surface area contributed by atoms with Crippen LogP contribution in [0.1, 0.15) is 18.9 Å². The van der Waals surface area contributed by atoms with E-state index in [1.807, 2.05) is 24.3 Å². The first kappa shape index (κ1) is 14.2. The minimum atomic E-state index is 0.521. The summed E-state index contributed by atoms with van der Waals surface area (Å²) in [5.41, 5.74) is 2.21.